The summed E-state index contributed by atoms with van der Waals surface area (Å²) in [6, 6.07) is 15.0. The Hall–Kier alpha value is -2.36. The summed E-state index contributed by atoms with van der Waals surface area (Å²) in [4.78, 5) is 2.17. The van der Waals surface area contributed by atoms with Crippen molar-refractivity contribution in [1.29, 1.82) is 0 Å². The van der Waals surface area contributed by atoms with Crippen LogP contribution in [0.2, 0.25) is 0 Å². The zero-order valence-corrected chi connectivity index (χ0v) is 9.37. The Labute approximate surface area is 98.3 Å². The minimum Gasteiger partial charge on any atom is -0.692 e. The van der Waals surface area contributed by atoms with Gasteiger partial charge in [-0.1, -0.05) is 29.8 Å². The molecule has 0 radical (unpaired) electrons. The van der Waals surface area contributed by atoms with Crippen LogP contribution in [0, 0.1) is 12.1 Å². The van der Waals surface area contributed by atoms with Gasteiger partial charge in [-0.05, 0) is 36.0 Å². The van der Waals surface area contributed by atoms with E-state index in [1.807, 2.05) is 49.4 Å². The van der Waals surface area contributed by atoms with Crippen LogP contribution in [0.1, 0.15) is 5.56 Å². The van der Waals surface area contributed by atoms with Gasteiger partial charge in [0, 0.05) is 0 Å². The van der Waals surface area contributed by atoms with Gasteiger partial charge in [-0.2, -0.15) is 0 Å². The maximum absolute atomic E-state index is 12.0. The molecule has 0 bridgehead atoms. The molecule has 3 rings (SSSR count). The van der Waals surface area contributed by atoms with Crippen LogP contribution in [-0.4, -0.2) is 9.90 Å². The summed E-state index contributed by atoms with van der Waals surface area (Å²) in [5.41, 5.74) is 3.20. The third-order valence-electron chi connectivity index (χ3n) is 2.73. The van der Waals surface area contributed by atoms with Gasteiger partial charge in [-0.15, -0.1) is 4.85 Å². The number of hydrogen-bond donors (Lipinski definition) is 0. The van der Waals surface area contributed by atoms with E-state index in [4.69, 9.17) is 0 Å². The average molecular weight is 225 g/mol. The Kier molecular flexibility index (Phi) is 2.08. The highest BCUT2D eigenvalue weighted by molar-refractivity contribution is 5.70. The lowest BCUT2D eigenvalue weighted by molar-refractivity contribution is -0.664. The van der Waals surface area contributed by atoms with Crippen molar-refractivity contribution in [2.24, 2.45) is 0 Å². The molecule has 0 saturated carbocycles. The van der Waals surface area contributed by atoms with E-state index in [1.165, 1.54) is 4.80 Å². The fraction of sp³-hybridized carbons (Fsp3) is 0.0769. The third kappa shape index (κ3) is 1.54. The lowest BCUT2D eigenvalue weighted by Gasteiger charge is -2.03. The summed E-state index contributed by atoms with van der Waals surface area (Å²) in [6.45, 7) is 2.01. The lowest BCUT2D eigenvalue weighted by atomic mass is 10.2. The minimum atomic E-state index is 0.577. The van der Waals surface area contributed by atoms with Crippen LogP contribution in [-0.2, 0) is 0 Å². The van der Waals surface area contributed by atoms with E-state index in [0.717, 1.165) is 16.1 Å². The van der Waals surface area contributed by atoms with Crippen molar-refractivity contribution in [2.45, 2.75) is 6.92 Å². The Morgan fingerprint density at radius 2 is 1.76 bits per heavy atom. The van der Waals surface area contributed by atoms with Crippen LogP contribution >= 0.6 is 0 Å². The van der Waals surface area contributed by atoms with Crippen molar-refractivity contribution in [3.8, 4) is 5.69 Å². The molecule has 0 aliphatic heterocycles. The maximum Gasteiger partial charge on any atom is 0.250 e. The zero-order valence-electron chi connectivity index (χ0n) is 9.37. The first-order valence-corrected chi connectivity index (χ1v) is 5.40. The normalized spacial score (nSPS) is 10.9. The van der Waals surface area contributed by atoms with Crippen LogP contribution in [0.25, 0.3) is 16.7 Å². The lowest BCUT2D eigenvalue weighted by Crippen LogP contribution is -2.37. The van der Waals surface area contributed by atoms with Crippen LogP contribution < -0.4 is 4.85 Å². The molecule has 4 heteroatoms. The zero-order chi connectivity index (χ0) is 11.8. The van der Waals surface area contributed by atoms with E-state index >= 15 is 0 Å². The smallest absolute Gasteiger partial charge is 0.250 e. The van der Waals surface area contributed by atoms with E-state index in [-0.39, 0.29) is 0 Å². The Morgan fingerprint density at radius 1 is 1.06 bits per heavy atom. The molecule has 0 saturated heterocycles. The van der Waals surface area contributed by atoms with E-state index in [2.05, 4.69) is 5.10 Å². The van der Waals surface area contributed by atoms with Crippen molar-refractivity contribution < 1.29 is 4.85 Å². The first-order chi connectivity index (χ1) is 8.25. The number of aryl methyl sites for hydroxylation is 1. The summed E-state index contributed by atoms with van der Waals surface area (Å²) in [7, 11) is 0. The predicted octanol–water partition coefficient (Wildman–Crippen LogP) is 1.97. The maximum atomic E-state index is 12.0. The van der Waals surface area contributed by atoms with Gasteiger partial charge >= 0.3 is 0 Å². The Bertz CT molecular complexity index is 671. The average Bonchev–Trinajstić information content (AvgIpc) is 2.69. The predicted molar refractivity (Wildman–Crippen MR) is 64.8 cm³/mol. The van der Waals surface area contributed by atoms with Gasteiger partial charge in [0.05, 0.1) is 5.10 Å². The Balaban J connectivity index is 2.24. The third-order valence-corrected chi connectivity index (χ3v) is 2.73. The molecule has 0 amide bonds. The Morgan fingerprint density at radius 3 is 2.47 bits per heavy atom. The molecule has 4 nitrogen and oxygen atoms in total. The molecular weight excluding hydrogens is 214 g/mol. The van der Waals surface area contributed by atoms with Crippen molar-refractivity contribution in [3.05, 3.63) is 59.3 Å². The van der Waals surface area contributed by atoms with Gasteiger partial charge in [0.25, 0.3) is 0 Å². The monoisotopic (exact) mass is 225 g/mol. The minimum absolute atomic E-state index is 0.577. The number of nitrogens with zero attached hydrogens (tertiary/aromatic N) is 3. The highest BCUT2D eigenvalue weighted by Gasteiger charge is 2.14. The second-order valence-electron chi connectivity index (χ2n) is 3.99. The fourth-order valence-electron chi connectivity index (χ4n) is 1.80. The molecule has 17 heavy (non-hydrogen) atoms. The molecule has 0 spiro atoms. The fourth-order valence-corrected chi connectivity index (χ4v) is 1.80. The molecule has 0 aliphatic rings. The van der Waals surface area contributed by atoms with Gasteiger partial charge in [0.2, 0.25) is 11.0 Å². The van der Waals surface area contributed by atoms with Crippen molar-refractivity contribution in [3.63, 3.8) is 0 Å². The van der Waals surface area contributed by atoms with Crippen LogP contribution in [0.3, 0.4) is 0 Å². The molecule has 84 valence electrons. The first-order valence-electron chi connectivity index (χ1n) is 5.40. The molecule has 1 heterocycles. The second-order valence-corrected chi connectivity index (χ2v) is 3.99. The molecule has 1 aromatic heterocycles. The van der Waals surface area contributed by atoms with Crippen molar-refractivity contribution >= 4 is 11.0 Å². The van der Waals surface area contributed by atoms with E-state index < -0.39 is 0 Å². The summed E-state index contributed by atoms with van der Waals surface area (Å²) < 4.78 is 0. The number of para-hydroxylation sites is 1. The standard InChI is InChI=1S/C13H11N3O/c1-10-6-8-11(9-7-10)15-14-12-4-2-3-5-13(12)16(15)17/h2-9H,1H3. The van der Waals surface area contributed by atoms with Gasteiger partial charge in [-0.3, -0.25) is 0 Å². The molecule has 0 N–H and O–H groups in total. The van der Waals surface area contributed by atoms with Gasteiger partial charge in [0.1, 0.15) is 5.69 Å². The number of aromatic nitrogens is 3. The molecule has 2 aromatic carbocycles. The van der Waals surface area contributed by atoms with Crippen LogP contribution in [0.15, 0.2) is 48.5 Å². The van der Waals surface area contributed by atoms with Gasteiger partial charge in [0.15, 0.2) is 0 Å². The number of hydrogen-bond acceptors (Lipinski definition) is 2. The summed E-state index contributed by atoms with van der Waals surface area (Å²) in [6.07, 6.45) is 0. The van der Waals surface area contributed by atoms with E-state index in [9.17, 15) is 5.21 Å². The van der Waals surface area contributed by atoms with E-state index in [0.29, 0.717) is 11.0 Å². The number of rotatable bonds is 1. The largest absolute Gasteiger partial charge is 0.692 e. The SMILES string of the molecule is Cc1ccc(-n2nc3ccccc3[n+]2[O-])cc1. The van der Waals surface area contributed by atoms with Crippen LogP contribution in [0.5, 0.6) is 0 Å². The van der Waals surface area contributed by atoms with Gasteiger partial charge in [-0.25, -0.2) is 0 Å². The molecule has 3 aromatic rings. The quantitative estimate of drug-likeness (QED) is 0.469. The van der Waals surface area contributed by atoms with Crippen molar-refractivity contribution in [2.75, 3.05) is 0 Å². The number of benzene rings is 2. The summed E-state index contributed by atoms with van der Waals surface area (Å²) in [5.74, 6) is 0. The van der Waals surface area contributed by atoms with Gasteiger partial charge < -0.3 is 5.21 Å². The molecule has 0 unspecified atom stereocenters. The highest BCUT2D eigenvalue weighted by atomic mass is 16.5. The highest BCUT2D eigenvalue weighted by Crippen LogP contribution is 2.10. The second kappa shape index (κ2) is 3.59. The summed E-state index contributed by atoms with van der Waals surface area (Å²) >= 11 is 0. The van der Waals surface area contributed by atoms with Crippen LogP contribution in [0.4, 0.5) is 0 Å². The van der Waals surface area contributed by atoms with Crippen molar-refractivity contribution in [1.82, 2.24) is 9.90 Å². The van der Waals surface area contributed by atoms with E-state index in [1.54, 1.807) is 6.07 Å². The number of fused-ring (bicyclic) bond motifs is 1. The summed E-state index contributed by atoms with van der Waals surface area (Å²) in [5, 5.41) is 16.3. The first kappa shape index (κ1) is 9.84. The molecule has 0 aliphatic carbocycles. The molecule has 0 fully saturated rings. The topological polar surface area (TPSA) is 44.8 Å². The molecule has 0 atom stereocenters. The molecular formula is C13H11N3O.